The lowest BCUT2D eigenvalue weighted by molar-refractivity contribution is 0.327. The van der Waals surface area contributed by atoms with Gasteiger partial charge in [-0.25, -0.2) is 0 Å². The first-order chi connectivity index (χ1) is 6.42. The van der Waals surface area contributed by atoms with E-state index in [1.165, 1.54) is 25.7 Å². The Kier molecular flexibility index (Phi) is 1.60. The molecule has 13 heavy (non-hydrogen) atoms. The molecule has 4 heteroatoms. The normalized spacial score (nSPS) is 37.1. The molecule has 2 fully saturated rings. The molecular formula is C9H14N4. The van der Waals surface area contributed by atoms with Crippen molar-refractivity contribution in [3.63, 3.8) is 0 Å². The molecule has 0 aliphatic heterocycles. The van der Waals surface area contributed by atoms with E-state index >= 15 is 0 Å². The van der Waals surface area contributed by atoms with Crippen LogP contribution >= 0.6 is 0 Å². The number of aromatic amines is 1. The third-order valence-corrected chi connectivity index (χ3v) is 3.72. The smallest absolute Gasteiger partial charge is 0.174 e. The Morgan fingerprint density at radius 1 is 1.31 bits per heavy atom. The zero-order valence-corrected chi connectivity index (χ0v) is 7.61. The molecule has 0 radical (unpaired) electrons. The summed E-state index contributed by atoms with van der Waals surface area (Å²) in [6, 6.07) is 0. The van der Waals surface area contributed by atoms with Crippen molar-refractivity contribution < 1.29 is 0 Å². The number of nitrogens with one attached hydrogen (secondary N) is 1. The van der Waals surface area contributed by atoms with Crippen LogP contribution in [0.15, 0.2) is 0 Å². The highest BCUT2D eigenvalue weighted by Crippen LogP contribution is 2.49. The summed E-state index contributed by atoms with van der Waals surface area (Å²) in [6.07, 6.45) is 6.81. The summed E-state index contributed by atoms with van der Waals surface area (Å²) in [6.45, 7) is 0. The van der Waals surface area contributed by atoms with Gasteiger partial charge in [-0.2, -0.15) is 5.21 Å². The first kappa shape index (κ1) is 7.47. The van der Waals surface area contributed by atoms with E-state index in [9.17, 15) is 0 Å². The minimum absolute atomic E-state index is 0.844. The fourth-order valence-corrected chi connectivity index (χ4v) is 3.13. The van der Waals surface area contributed by atoms with Crippen molar-refractivity contribution in [3.8, 4) is 0 Å². The zero-order valence-electron chi connectivity index (χ0n) is 7.61. The van der Waals surface area contributed by atoms with Gasteiger partial charge >= 0.3 is 0 Å². The van der Waals surface area contributed by atoms with E-state index in [1.54, 1.807) is 0 Å². The molecule has 1 N–H and O–H groups in total. The topological polar surface area (TPSA) is 54.5 Å². The van der Waals surface area contributed by atoms with Crippen molar-refractivity contribution in [2.75, 3.05) is 0 Å². The third-order valence-electron chi connectivity index (χ3n) is 3.72. The second-order valence-electron chi connectivity index (χ2n) is 4.47. The lowest BCUT2D eigenvalue weighted by Crippen LogP contribution is -2.13. The van der Waals surface area contributed by atoms with Gasteiger partial charge in [-0.05, 0) is 37.0 Å². The molecule has 4 nitrogen and oxygen atoms in total. The highest BCUT2D eigenvalue weighted by Gasteiger charge is 2.39. The van der Waals surface area contributed by atoms with E-state index in [-0.39, 0.29) is 0 Å². The SMILES string of the molecule is C1CC2CC1CC2Cc1nn[nH]n1. The molecule has 3 rings (SSSR count). The van der Waals surface area contributed by atoms with Crippen molar-refractivity contribution in [2.24, 2.45) is 17.8 Å². The summed E-state index contributed by atoms with van der Waals surface area (Å²) in [4.78, 5) is 0. The van der Waals surface area contributed by atoms with Gasteiger partial charge in [0.15, 0.2) is 5.82 Å². The van der Waals surface area contributed by atoms with Gasteiger partial charge in [0.05, 0.1) is 0 Å². The number of hydrogen-bond donors (Lipinski definition) is 1. The van der Waals surface area contributed by atoms with Gasteiger partial charge in [0.1, 0.15) is 0 Å². The summed E-state index contributed by atoms with van der Waals surface area (Å²) < 4.78 is 0. The summed E-state index contributed by atoms with van der Waals surface area (Å²) in [5.41, 5.74) is 0. The van der Waals surface area contributed by atoms with Crippen molar-refractivity contribution in [3.05, 3.63) is 5.82 Å². The summed E-state index contributed by atoms with van der Waals surface area (Å²) in [5.74, 6) is 3.72. The monoisotopic (exact) mass is 178 g/mol. The molecule has 2 aliphatic rings. The molecular weight excluding hydrogens is 164 g/mol. The molecule has 1 aromatic heterocycles. The van der Waals surface area contributed by atoms with Crippen LogP contribution in [-0.4, -0.2) is 20.6 Å². The zero-order chi connectivity index (χ0) is 8.67. The van der Waals surface area contributed by atoms with E-state index in [4.69, 9.17) is 0 Å². The van der Waals surface area contributed by atoms with Crippen molar-refractivity contribution >= 4 is 0 Å². The maximum Gasteiger partial charge on any atom is 0.174 e. The van der Waals surface area contributed by atoms with E-state index in [0.717, 1.165) is 30.0 Å². The Labute approximate surface area is 77.1 Å². The number of H-pyrrole nitrogens is 1. The fourth-order valence-electron chi connectivity index (χ4n) is 3.13. The molecule has 70 valence electrons. The van der Waals surface area contributed by atoms with Crippen LogP contribution in [0.3, 0.4) is 0 Å². The molecule has 2 aliphatic carbocycles. The third kappa shape index (κ3) is 1.24. The van der Waals surface area contributed by atoms with Gasteiger partial charge in [0.2, 0.25) is 0 Å². The van der Waals surface area contributed by atoms with Crippen LogP contribution in [0.4, 0.5) is 0 Å². The van der Waals surface area contributed by atoms with E-state index < -0.39 is 0 Å². The molecule has 0 amide bonds. The van der Waals surface area contributed by atoms with E-state index in [1.807, 2.05) is 0 Å². The molecule has 2 saturated carbocycles. The molecule has 3 unspecified atom stereocenters. The molecule has 0 aromatic carbocycles. The summed E-state index contributed by atoms with van der Waals surface area (Å²) >= 11 is 0. The lowest BCUT2D eigenvalue weighted by Gasteiger charge is -2.19. The first-order valence-electron chi connectivity index (χ1n) is 5.14. The van der Waals surface area contributed by atoms with Gasteiger partial charge in [-0.1, -0.05) is 11.6 Å². The largest absolute Gasteiger partial charge is 0.177 e. The quantitative estimate of drug-likeness (QED) is 0.739. The molecule has 0 saturated heterocycles. The number of hydrogen-bond acceptors (Lipinski definition) is 3. The molecule has 0 spiro atoms. The highest BCUT2D eigenvalue weighted by molar-refractivity contribution is 4.94. The first-order valence-corrected chi connectivity index (χ1v) is 5.14. The standard InChI is InChI=1S/C9H14N4/c1-2-7-3-6(1)4-8(7)5-9-10-12-13-11-9/h6-8H,1-5H2,(H,10,11,12,13). The summed E-state index contributed by atoms with van der Waals surface area (Å²) in [5, 5.41) is 14.1. The Morgan fingerprint density at radius 2 is 2.31 bits per heavy atom. The predicted octanol–water partition coefficient (Wildman–Crippen LogP) is 1.18. The second-order valence-corrected chi connectivity index (χ2v) is 4.47. The minimum Gasteiger partial charge on any atom is -0.177 e. The van der Waals surface area contributed by atoms with Crippen LogP contribution in [0.25, 0.3) is 0 Å². The van der Waals surface area contributed by atoms with Gasteiger partial charge in [0.25, 0.3) is 0 Å². The lowest BCUT2D eigenvalue weighted by atomic mass is 9.86. The maximum absolute atomic E-state index is 4.02. The van der Waals surface area contributed by atoms with Crippen molar-refractivity contribution in [1.82, 2.24) is 20.6 Å². The van der Waals surface area contributed by atoms with Gasteiger partial charge in [-0.15, -0.1) is 10.2 Å². The molecule has 3 atom stereocenters. The Balaban J connectivity index is 1.68. The molecule has 2 bridgehead atoms. The van der Waals surface area contributed by atoms with Gasteiger partial charge in [0, 0.05) is 6.42 Å². The van der Waals surface area contributed by atoms with Crippen LogP contribution in [0.1, 0.15) is 31.5 Å². The Bertz CT molecular complexity index is 282. The van der Waals surface area contributed by atoms with E-state index in [2.05, 4.69) is 20.6 Å². The highest BCUT2D eigenvalue weighted by atomic mass is 15.5. The van der Waals surface area contributed by atoms with Crippen LogP contribution in [0, 0.1) is 17.8 Å². The predicted molar refractivity (Wildman–Crippen MR) is 46.8 cm³/mol. The van der Waals surface area contributed by atoms with Crippen molar-refractivity contribution in [2.45, 2.75) is 32.1 Å². The Morgan fingerprint density at radius 3 is 2.92 bits per heavy atom. The number of aromatic nitrogens is 4. The van der Waals surface area contributed by atoms with Gasteiger partial charge < -0.3 is 0 Å². The number of fused-ring (bicyclic) bond motifs is 2. The molecule has 1 aromatic rings. The molecule has 1 heterocycles. The van der Waals surface area contributed by atoms with Crippen LogP contribution in [0.2, 0.25) is 0 Å². The van der Waals surface area contributed by atoms with Crippen LogP contribution in [-0.2, 0) is 6.42 Å². The number of rotatable bonds is 2. The van der Waals surface area contributed by atoms with E-state index in [0.29, 0.717) is 0 Å². The average Bonchev–Trinajstić information content (AvgIpc) is 2.77. The Hall–Kier alpha value is -0.930. The second kappa shape index (κ2) is 2.79. The summed E-state index contributed by atoms with van der Waals surface area (Å²) in [7, 11) is 0. The van der Waals surface area contributed by atoms with Crippen LogP contribution in [0.5, 0.6) is 0 Å². The maximum atomic E-state index is 4.02. The van der Waals surface area contributed by atoms with Crippen molar-refractivity contribution in [1.29, 1.82) is 0 Å². The minimum atomic E-state index is 0.844. The van der Waals surface area contributed by atoms with Crippen LogP contribution < -0.4 is 0 Å². The number of nitrogens with zero attached hydrogens (tertiary/aromatic N) is 3. The average molecular weight is 178 g/mol. The number of tetrazole rings is 1. The van der Waals surface area contributed by atoms with Gasteiger partial charge in [-0.3, -0.25) is 0 Å². The fraction of sp³-hybridized carbons (Fsp3) is 0.889.